The first-order chi connectivity index (χ1) is 13.3. The molecule has 2 heterocycles. The predicted molar refractivity (Wildman–Crippen MR) is 111 cm³/mol. The summed E-state index contributed by atoms with van der Waals surface area (Å²) in [4.78, 5) is 30.5. The molecule has 3 aromatic rings. The fraction of sp³-hybridized carbons (Fsp3) is 0.389. The standard InChI is InChI=1S/C18H21Cl2N5O3/c1-10(11-5-6-12(19)13(20)9-11)25-16(27)14-15(24(3)18(25)28)22-17(23(14)2)21-7-4-8-26/h5-6,9-10,26H,4,7-8H2,1-3H3,(H,21,22). The maximum absolute atomic E-state index is 13.2. The highest BCUT2D eigenvalue weighted by Gasteiger charge is 2.22. The molecule has 0 fully saturated rings. The average molecular weight is 426 g/mol. The molecule has 10 heteroatoms. The molecular weight excluding hydrogens is 405 g/mol. The van der Waals surface area contributed by atoms with E-state index in [0.717, 1.165) is 0 Å². The van der Waals surface area contributed by atoms with Crippen molar-refractivity contribution in [2.24, 2.45) is 14.1 Å². The first-order valence-corrected chi connectivity index (χ1v) is 9.51. The van der Waals surface area contributed by atoms with Gasteiger partial charge in [-0.3, -0.25) is 13.9 Å². The van der Waals surface area contributed by atoms with Crippen LogP contribution >= 0.6 is 23.2 Å². The minimum Gasteiger partial charge on any atom is -0.396 e. The van der Waals surface area contributed by atoms with Gasteiger partial charge >= 0.3 is 5.69 Å². The number of nitrogens with zero attached hydrogens (tertiary/aromatic N) is 4. The molecule has 2 aromatic heterocycles. The smallest absolute Gasteiger partial charge is 0.333 e. The number of imidazole rings is 1. The number of aryl methyl sites for hydroxylation is 2. The van der Waals surface area contributed by atoms with Gasteiger partial charge in [0.05, 0.1) is 16.1 Å². The summed E-state index contributed by atoms with van der Waals surface area (Å²) in [5.74, 6) is 0.454. The van der Waals surface area contributed by atoms with Crippen molar-refractivity contribution in [3.05, 3.63) is 54.6 Å². The van der Waals surface area contributed by atoms with Gasteiger partial charge < -0.3 is 15.0 Å². The quantitative estimate of drug-likeness (QED) is 0.590. The minimum atomic E-state index is -0.550. The number of hydrogen-bond donors (Lipinski definition) is 2. The molecule has 28 heavy (non-hydrogen) atoms. The topological polar surface area (TPSA) is 94.1 Å². The number of nitrogens with one attached hydrogen (secondary N) is 1. The Morgan fingerprint density at radius 2 is 1.89 bits per heavy atom. The summed E-state index contributed by atoms with van der Waals surface area (Å²) in [6.45, 7) is 2.30. The molecule has 0 bridgehead atoms. The van der Waals surface area contributed by atoms with Crippen molar-refractivity contribution < 1.29 is 5.11 Å². The van der Waals surface area contributed by atoms with Gasteiger partial charge in [0.2, 0.25) is 5.95 Å². The van der Waals surface area contributed by atoms with Crippen LogP contribution in [0.3, 0.4) is 0 Å². The number of halogens is 2. The summed E-state index contributed by atoms with van der Waals surface area (Å²) in [6, 6.07) is 4.47. The van der Waals surface area contributed by atoms with Crippen LogP contribution < -0.4 is 16.6 Å². The van der Waals surface area contributed by atoms with E-state index in [1.54, 1.807) is 43.8 Å². The Morgan fingerprint density at radius 1 is 1.18 bits per heavy atom. The molecular formula is C18H21Cl2N5O3. The van der Waals surface area contributed by atoms with Gasteiger partial charge in [0.25, 0.3) is 5.56 Å². The third-order valence-corrected chi connectivity index (χ3v) is 5.48. The lowest BCUT2D eigenvalue weighted by Gasteiger charge is -2.17. The van der Waals surface area contributed by atoms with Crippen LogP contribution in [0.1, 0.15) is 24.9 Å². The lowest BCUT2D eigenvalue weighted by atomic mass is 10.1. The Kier molecular flexibility index (Phi) is 5.83. The Labute approximate surface area is 170 Å². The molecule has 1 atom stereocenters. The molecule has 3 rings (SSSR count). The number of aliphatic hydroxyl groups is 1. The molecule has 0 radical (unpaired) electrons. The molecule has 150 valence electrons. The zero-order chi connectivity index (χ0) is 20.6. The van der Waals surface area contributed by atoms with E-state index in [-0.39, 0.29) is 6.61 Å². The van der Waals surface area contributed by atoms with Gasteiger partial charge in [-0.05, 0) is 31.0 Å². The maximum Gasteiger partial charge on any atom is 0.333 e. The molecule has 0 aliphatic rings. The summed E-state index contributed by atoms with van der Waals surface area (Å²) in [7, 11) is 3.28. The fourth-order valence-electron chi connectivity index (χ4n) is 3.11. The Balaban J connectivity index is 2.18. The lowest BCUT2D eigenvalue weighted by molar-refractivity contribution is 0.292. The molecule has 0 aliphatic heterocycles. The molecule has 2 N–H and O–H groups in total. The highest BCUT2D eigenvalue weighted by atomic mass is 35.5. The highest BCUT2D eigenvalue weighted by Crippen LogP contribution is 2.26. The van der Waals surface area contributed by atoms with E-state index < -0.39 is 17.3 Å². The van der Waals surface area contributed by atoms with Gasteiger partial charge in [-0.2, -0.15) is 4.98 Å². The molecule has 0 aliphatic carbocycles. The number of anilines is 1. The second-order valence-electron chi connectivity index (χ2n) is 6.54. The van der Waals surface area contributed by atoms with Gasteiger partial charge in [0.1, 0.15) is 0 Å². The molecule has 0 saturated carbocycles. The third-order valence-electron chi connectivity index (χ3n) is 4.74. The van der Waals surface area contributed by atoms with Gasteiger partial charge in [0, 0.05) is 27.2 Å². The van der Waals surface area contributed by atoms with Crippen molar-refractivity contribution in [1.29, 1.82) is 0 Å². The monoisotopic (exact) mass is 425 g/mol. The SMILES string of the molecule is CC(c1ccc(Cl)c(Cl)c1)n1c(=O)c2c(nc(NCCCO)n2C)n(C)c1=O. The molecule has 0 amide bonds. The summed E-state index contributed by atoms with van der Waals surface area (Å²) >= 11 is 12.1. The number of fused-ring (bicyclic) bond motifs is 1. The molecule has 1 unspecified atom stereocenters. The second-order valence-corrected chi connectivity index (χ2v) is 7.35. The van der Waals surface area contributed by atoms with Crippen LogP contribution in [-0.2, 0) is 14.1 Å². The summed E-state index contributed by atoms with van der Waals surface area (Å²) in [5, 5.41) is 12.8. The number of aliphatic hydroxyl groups excluding tert-OH is 1. The van der Waals surface area contributed by atoms with Crippen molar-refractivity contribution in [1.82, 2.24) is 18.7 Å². The summed E-state index contributed by atoms with van der Waals surface area (Å²) < 4.78 is 4.15. The fourth-order valence-corrected chi connectivity index (χ4v) is 3.42. The van der Waals surface area contributed by atoms with Crippen molar-refractivity contribution in [3.63, 3.8) is 0 Å². The van der Waals surface area contributed by atoms with E-state index in [9.17, 15) is 9.59 Å². The third kappa shape index (κ3) is 3.43. The van der Waals surface area contributed by atoms with Crippen molar-refractivity contribution in [2.75, 3.05) is 18.5 Å². The van der Waals surface area contributed by atoms with Crippen LogP contribution in [0.2, 0.25) is 10.0 Å². The van der Waals surface area contributed by atoms with Crippen LogP contribution in [0.25, 0.3) is 11.2 Å². The van der Waals surface area contributed by atoms with E-state index in [1.807, 2.05) is 0 Å². The zero-order valence-electron chi connectivity index (χ0n) is 15.7. The number of benzene rings is 1. The van der Waals surface area contributed by atoms with Gasteiger partial charge in [-0.25, -0.2) is 4.79 Å². The summed E-state index contributed by atoms with van der Waals surface area (Å²) in [6.07, 6.45) is 0.542. The van der Waals surface area contributed by atoms with Crippen LogP contribution in [0, 0.1) is 0 Å². The van der Waals surface area contributed by atoms with E-state index in [4.69, 9.17) is 28.3 Å². The lowest BCUT2D eigenvalue weighted by Crippen LogP contribution is -2.41. The number of rotatable bonds is 6. The van der Waals surface area contributed by atoms with Gasteiger partial charge in [-0.15, -0.1) is 0 Å². The van der Waals surface area contributed by atoms with E-state index >= 15 is 0 Å². The Bertz CT molecular complexity index is 1150. The van der Waals surface area contributed by atoms with Gasteiger partial charge in [-0.1, -0.05) is 29.3 Å². The van der Waals surface area contributed by atoms with E-state index in [1.165, 1.54) is 9.13 Å². The molecule has 0 saturated heterocycles. The maximum atomic E-state index is 13.2. The number of hydrogen-bond acceptors (Lipinski definition) is 5. The molecule has 1 aromatic carbocycles. The molecule has 0 spiro atoms. The van der Waals surface area contributed by atoms with Crippen LogP contribution in [0.15, 0.2) is 27.8 Å². The predicted octanol–water partition coefficient (Wildman–Crippen LogP) is 2.14. The second kappa shape index (κ2) is 7.98. The van der Waals surface area contributed by atoms with Crippen molar-refractivity contribution >= 4 is 40.3 Å². The Hall–Kier alpha value is -2.29. The van der Waals surface area contributed by atoms with Crippen LogP contribution in [0.4, 0.5) is 5.95 Å². The average Bonchev–Trinajstić information content (AvgIpc) is 2.99. The largest absolute Gasteiger partial charge is 0.396 e. The first-order valence-electron chi connectivity index (χ1n) is 8.75. The van der Waals surface area contributed by atoms with Gasteiger partial charge in [0.15, 0.2) is 11.2 Å². The summed E-state index contributed by atoms with van der Waals surface area (Å²) in [5.41, 5.74) is 0.372. The normalized spacial score (nSPS) is 12.5. The van der Waals surface area contributed by atoms with Crippen LogP contribution in [-0.4, -0.2) is 36.9 Å². The first kappa shape index (κ1) is 20.4. The van der Waals surface area contributed by atoms with E-state index in [0.29, 0.717) is 45.7 Å². The molecule has 8 nitrogen and oxygen atoms in total. The Morgan fingerprint density at radius 3 is 2.54 bits per heavy atom. The zero-order valence-corrected chi connectivity index (χ0v) is 17.3. The van der Waals surface area contributed by atoms with Crippen LogP contribution in [0.5, 0.6) is 0 Å². The number of aromatic nitrogens is 4. The minimum absolute atomic E-state index is 0.0450. The highest BCUT2D eigenvalue weighted by molar-refractivity contribution is 6.42. The van der Waals surface area contributed by atoms with E-state index in [2.05, 4.69) is 10.3 Å². The van der Waals surface area contributed by atoms with Crippen molar-refractivity contribution in [3.8, 4) is 0 Å². The van der Waals surface area contributed by atoms with Crippen molar-refractivity contribution in [2.45, 2.75) is 19.4 Å².